The quantitative estimate of drug-likeness (QED) is 0.591. The van der Waals surface area contributed by atoms with E-state index in [2.05, 4.69) is 20.3 Å². The molecule has 0 radical (unpaired) electrons. The van der Waals surface area contributed by atoms with Gasteiger partial charge in [-0.2, -0.15) is 0 Å². The lowest BCUT2D eigenvalue weighted by Gasteiger charge is -2.36. The summed E-state index contributed by atoms with van der Waals surface area (Å²) in [6.07, 6.45) is 3.35. The predicted molar refractivity (Wildman–Crippen MR) is 95.6 cm³/mol. The Kier molecular flexibility index (Phi) is 3.14. The maximum absolute atomic E-state index is 13.3. The minimum atomic E-state index is -0.252. The maximum Gasteiger partial charge on any atom is 0.327 e. The standard InChI is InChI=1S/C17H14FN5OS/c18-9-3-4-12-14(6-9)25-16(21-12)20-10-7-11(8-10)23-15-13(22-17(23)24)2-1-5-19-15/h1-6,10-11H,7-8H2,(H,20,21)(H,22,24). The number of fused-ring (bicyclic) bond motifs is 2. The number of benzene rings is 1. The van der Waals surface area contributed by atoms with Gasteiger partial charge in [-0.15, -0.1) is 0 Å². The van der Waals surface area contributed by atoms with Crippen molar-refractivity contribution in [2.45, 2.75) is 24.9 Å². The van der Waals surface area contributed by atoms with Gasteiger partial charge in [-0.05, 0) is 43.2 Å². The summed E-state index contributed by atoms with van der Waals surface area (Å²) >= 11 is 1.44. The Morgan fingerprint density at radius 3 is 3.08 bits per heavy atom. The normalized spacial score (nSPS) is 20.0. The summed E-state index contributed by atoms with van der Waals surface area (Å²) in [5.74, 6) is -0.252. The number of nitrogens with zero attached hydrogens (tertiary/aromatic N) is 3. The van der Waals surface area contributed by atoms with Crippen molar-refractivity contribution in [3.05, 3.63) is 52.8 Å². The van der Waals surface area contributed by atoms with Crippen molar-refractivity contribution in [1.29, 1.82) is 0 Å². The summed E-state index contributed by atoms with van der Waals surface area (Å²) in [6, 6.07) is 8.64. The molecule has 0 amide bonds. The Labute approximate surface area is 145 Å². The number of pyridine rings is 1. The summed E-state index contributed by atoms with van der Waals surface area (Å²) in [5.41, 5.74) is 2.14. The number of thiazole rings is 1. The van der Waals surface area contributed by atoms with Gasteiger partial charge in [0.2, 0.25) is 0 Å². The van der Waals surface area contributed by atoms with Gasteiger partial charge < -0.3 is 10.3 Å². The van der Waals surface area contributed by atoms with Gasteiger partial charge in [-0.25, -0.2) is 19.2 Å². The van der Waals surface area contributed by atoms with Gasteiger partial charge >= 0.3 is 5.69 Å². The molecular formula is C17H14FN5OS. The number of rotatable bonds is 3. The van der Waals surface area contributed by atoms with Crippen LogP contribution in [0.25, 0.3) is 21.4 Å². The molecule has 0 saturated heterocycles. The molecule has 0 atom stereocenters. The molecule has 126 valence electrons. The number of anilines is 1. The van der Waals surface area contributed by atoms with E-state index in [1.54, 1.807) is 16.8 Å². The molecule has 1 fully saturated rings. The molecule has 4 aromatic rings. The lowest BCUT2D eigenvalue weighted by atomic mass is 9.86. The van der Waals surface area contributed by atoms with Gasteiger partial charge in [0, 0.05) is 18.3 Å². The van der Waals surface area contributed by atoms with Crippen molar-refractivity contribution in [3.8, 4) is 0 Å². The van der Waals surface area contributed by atoms with Gasteiger partial charge in [0.25, 0.3) is 0 Å². The highest BCUT2D eigenvalue weighted by Crippen LogP contribution is 2.36. The smallest absolute Gasteiger partial charge is 0.327 e. The fourth-order valence-corrected chi connectivity index (χ4v) is 4.32. The van der Waals surface area contributed by atoms with Crippen molar-refractivity contribution >= 4 is 37.8 Å². The van der Waals surface area contributed by atoms with Crippen molar-refractivity contribution in [1.82, 2.24) is 19.5 Å². The van der Waals surface area contributed by atoms with E-state index in [-0.39, 0.29) is 23.6 Å². The van der Waals surface area contributed by atoms with Gasteiger partial charge in [0.1, 0.15) is 5.82 Å². The van der Waals surface area contributed by atoms with E-state index in [1.807, 2.05) is 12.1 Å². The van der Waals surface area contributed by atoms with Crippen molar-refractivity contribution in [3.63, 3.8) is 0 Å². The third-order valence-electron chi connectivity index (χ3n) is 4.63. The topological polar surface area (TPSA) is 75.6 Å². The van der Waals surface area contributed by atoms with Crippen LogP contribution in [0.3, 0.4) is 0 Å². The fraction of sp³-hybridized carbons (Fsp3) is 0.235. The molecule has 1 aliphatic rings. The van der Waals surface area contributed by atoms with Crippen molar-refractivity contribution in [2.24, 2.45) is 0 Å². The molecule has 3 aromatic heterocycles. The number of halogens is 1. The Morgan fingerprint density at radius 1 is 1.32 bits per heavy atom. The first-order valence-electron chi connectivity index (χ1n) is 8.05. The first-order valence-corrected chi connectivity index (χ1v) is 8.87. The van der Waals surface area contributed by atoms with Crippen LogP contribution < -0.4 is 11.0 Å². The summed E-state index contributed by atoms with van der Waals surface area (Å²) in [6.45, 7) is 0. The van der Waals surface area contributed by atoms with Gasteiger partial charge in [-0.1, -0.05) is 11.3 Å². The average Bonchev–Trinajstić information content (AvgIpc) is 3.10. The minimum absolute atomic E-state index is 0.118. The summed E-state index contributed by atoms with van der Waals surface area (Å²) in [4.78, 5) is 23.8. The second kappa shape index (κ2) is 5.38. The lowest BCUT2D eigenvalue weighted by molar-refractivity contribution is 0.282. The molecule has 25 heavy (non-hydrogen) atoms. The molecule has 0 aliphatic heterocycles. The summed E-state index contributed by atoms with van der Waals surface area (Å²) in [7, 11) is 0. The molecule has 6 nitrogen and oxygen atoms in total. The molecule has 0 spiro atoms. The molecule has 8 heteroatoms. The summed E-state index contributed by atoms with van der Waals surface area (Å²) in [5, 5.41) is 4.17. The molecule has 0 bridgehead atoms. The fourth-order valence-electron chi connectivity index (χ4n) is 3.35. The lowest BCUT2D eigenvalue weighted by Crippen LogP contribution is -2.40. The Bertz CT molecular complexity index is 1140. The minimum Gasteiger partial charge on any atom is -0.359 e. The maximum atomic E-state index is 13.3. The number of hydrogen-bond donors (Lipinski definition) is 2. The third-order valence-corrected chi connectivity index (χ3v) is 5.58. The molecule has 1 aromatic carbocycles. The highest BCUT2D eigenvalue weighted by Gasteiger charge is 2.33. The van der Waals surface area contributed by atoms with Crippen LogP contribution in [0.4, 0.5) is 9.52 Å². The third kappa shape index (κ3) is 2.41. The second-order valence-corrected chi connectivity index (χ2v) is 7.30. The zero-order valence-corrected chi connectivity index (χ0v) is 13.9. The van der Waals surface area contributed by atoms with Gasteiger partial charge in [-0.3, -0.25) is 4.57 Å². The van der Waals surface area contributed by atoms with E-state index < -0.39 is 0 Å². The van der Waals surface area contributed by atoms with E-state index in [0.717, 1.165) is 33.7 Å². The number of aromatic nitrogens is 4. The molecule has 3 heterocycles. The van der Waals surface area contributed by atoms with Gasteiger partial charge in [0.05, 0.1) is 15.7 Å². The molecule has 2 N–H and O–H groups in total. The average molecular weight is 355 g/mol. The van der Waals surface area contributed by atoms with E-state index >= 15 is 0 Å². The van der Waals surface area contributed by atoms with E-state index in [1.165, 1.54) is 23.5 Å². The number of aromatic amines is 1. The van der Waals surface area contributed by atoms with Crippen LogP contribution in [0.2, 0.25) is 0 Å². The Hall–Kier alpha value is -2.74. The molecule has 0 unspecified atom stereocenters. The Morgan fingerprint density at radius 2 is 2.20 bits per heavy atom. The summed E-state index contributed by atoms with van der Waals surface area (Å²) < 4.78 is 15.8. The zero-order valence-electron chi connectivity index (χ0n) is 13.1. The number of nitrogens with one attached hydrogen (secondary N) is 2. The molecular weight excluding hydrogens is 341 g/mol. The van der Waals surface area contributed by atoms with Gasteiger partial charge in [0.15, 0.2) is 10.8 Å². The molecule has 1 saturated carbocycles. The van der Waals surface area contributed by atoms with Crippen LogP contribution >= 0.6 is 11.3 Å². The van der Waals surface area contributed by atoms with E-state index in [0.29, 0.717) is 5.65 Å². The first-order chi connectivity index (χ1) is 12.2. The first kappa shape index (κ1) is 14.6. The van der Waals surface area contributed by atoms with Crippen LogP contribution in [0.1, 0.15) is 18.9 Å². The van der Waals surface area contributed by atoms with E-state index in [4.69, 9.17) is 0 Å². The SMILES string of the molecule is O=c1[nH]c2cccnc2n1C1CC(Nc2nc3ccc(F)cc3s2)C1. The predicted octanol–water partition coefficient (Wildman–Crippen LogP) is 3.29. The van der Waals surface area contributed by atoms with E-state index in [9.17, 15) is 9.18 Å². The molecule has 5 rings (SSSR count). The van der Waals surface area contributed by atoms with Crippen LogP contribution in [0.15, 0.2) is 41.3 Å². The van der Waals surface area contributed by atoms with Crippen molar-refractivity contribution < 1.29 is 4.39 Å². The Balaban J connectivity index is 1.34. The zero-order chi connectivity index (χ0) is 17.0. The van der Waals surface area contributed by atoms with Crippen LogP contribution in [0, 0.1) is 5.82 Å². The molecule has 1 aliphatic carbocycles. The second-order valence-electron chi connectivity index (χ2n) is 6.27. The highest BCUT2D eigenvalue weighted by atomic mass is 32.1. The van der Waals surface area contributed by atoms with Crippen molar-refractivity contribution in [2.75, 3.05) is 5.32 Å². The van der Waals surface area contributed by atoms with Crippen LogP contribution in [-0.4, -0.2) is 25.6 Å². The number of imidazole rings is 1. The highest BCUT2D eigenvalue weighted by molar-refractivity contribution is 7.22. The van der Waals surface area contributed by atoms with Crippen LogP contribution in [-0.2, 0) is 0 Å². The number of H-pyrrole nitrogens is 1. The monoisotopic (exact) mass is 355 g/mol. The van der Waals surface area contributed by atoms with Crippen LogP contribution in [0.5, 0.6) is 0 Å². The number of hydrogen-bond acceptors (Lipinski definition) is 5. The largest absolute Gasteiger partial charge is 0.359 e.